The first kappa shape index (κ1) is 71.4. The van der Waals surface area contributed by atoms with Crippen LogP contribution in [0, 0.1) is 22.7 Å². The molecule has 0 spiro atoms. The fourth-order valence-electron chi connectivity index (χ4n) is 2.38. The van der Waals surface area contributed by atoms with Crippen LogP contribution in [0.25, 0.3) is 0 Å². The Labute approximate surface area is 302 Å². The van der Waals surface area contributed by atoms with Crippen molar-refractivity contribution in [3.8, 4) is 12.1 Å². The highest BCUT2D eigenvalue weighted by atomic mass is 32.2. The second-order valence-corrected chi connectivity index (χ2v) is 11.5. The minimum atomic E-state index is -0.762. The zero-order valence-electron chi connectivity index (χ0n) is 25.8. The molecule has 0 saturated carbocycles. The van der Waals surface area contributed by atoms with Crippen LogP contribution in [0.2, 0.25) is 0 Å². The highest BCUT2D eigenvalue weighted by molar-refractivity contribution is 7.99. The standard InChI is InChI=1S/2C6H10N2O2S.2C5H9NOS.CO2.3CH4.2H3N.2H2O/c2*1-11-3-2-4-5(9)8-6(10)7-4;2*1-8-3-2-5(7)4-6;2-1-3;;;;;;;/h2*4H,2-3H2,1H3,(H2,7,8,9,10);2*5,7H,2-3H2,1H3;;3*1H4;2*1H3;2*1H2. The summed E-state index contributed by atoms with van der Waals surface area (Å²) in [6.45, 7) is 0. The van der Waals surface area contributed by atoms with Crippen molar-refractivity contribution >= 4 is 77.1 Å². The Morgan fingerprint density at radius 3 is 1.06 bits per heavy atom. The van der Waals surface area contributed by atoms with E-state index in [2.05, 4.69) is 21.3 Å². The molecule has 2 aliphatic rings. The SMILES string of the molecule is C.C.C.CSCCC(O)C#N.CSCCC(O)C#N.CSCCC1NC(=O)NC1=O.CSCCC1NC(=O)NC1=O.N.N.O.O.O=C=O. The summed E-state index contributed by atoms with van der Waals surface area (Å²) in [6, 6.07) is 2.12. The molecule has 18 nitrogen and oxygen atoms in total. The third-order valence-corrected chi connectivity index (χ3v) is 7.00. The molecule has 0 aromatic rings. The molecule has 288 valence electrons. The lowest BCUT2D eigenvalue weighted by Crippen LogP contribution is -2.29. The lowest BCUT2D eigenvalue weighted by Gasteiger charge is -2.03. The molecule has 2 heterocycles. The predicted octanol–water partition coefficient (Wildman–Crippen LogP) is 1.14. The van der Waals surface area contributed by atoms with Crippen LogP contribution in [0.5, 0.6) is 0 Å². The van der Waals surface area contributed by atoms with Gasteiger partial charge in [-0.2, -0.15) is 67.2 Å². The van der Waals surface area contributed by atoms with Crippen molar-refractivity contribution in [1.29, 1.82) is 10.5 Å². The summed E-state index contributed by atoms with van der Waals surface area (Å²) in [5, 5.41) is 42.7. The van der Waals surface area contributed by atoms with Gasteiger partial charge in [-0.15, -0.1) is 0 Å². The molecule has 16 N–H and O–H groups in total. The number of nitrogens with one attached hydrogen (secondary N) is 4. The second kappa shape index (κ2) is 51.2. The van der Waals surface area contributed by atoms with Gasteiger partial charge in [0.1, 0.15) is 24.3 Å². The highest BCUT2D eigenvalue weighted by Gasteiger charge is 2.29. The highest BCUT2D eigenvalue weighted by Crippen LogP contribution is 2.04. The number of nitrogens with zero attached hydrogens (tertiary/aromatic N) is 2. The van der Waals surface area contributed by atoms with E-state index in [-0.39, 0.29) is 87.6 Å². The van der Waals surface area contributed by atoms with Gasteiger partial charge in [-0.05, 0) is 73.7 Å². The first-order valence-corrected chi connectivity index (χ1v) is 17.4. The molecule has 2 saturated heterocycles. The van der Waals surface area contributed by atoms with Gasteiger partial charge in [0.25, 0.3) is 11.8 Å². The first-order chi connectivity index (χ1) is 19.5. The molecule has 2 aliphatic heterocycles. The summed E-state index contributed by atoms with van der Waals surface area (Å²) in [7, 11) is 0. The van der Waals surface area contributed by atoms with E-state index >= 15 is 0 Å². The number of carbonyl (C=O) groups is 4. The summed E-state index contributed by atoms with van der Waals surface area (Å²) in [5.41, 5.74) is 0. The number of hydrogen-bond acceptors (Lipinski definition) is 16. The van der Waals surface area contributed by atoms with Gasteiger partial charge < -0.3 is 44.1 Å². The zero-order valence-corrected chi connectivity index (χ0v) is 29.0. The Bertz CT molecular complexity index is 830. The van der Waals surface area contributed by atoms with E-state index in [1.54, 1.807) is 59.2 Å². The van der Waals surface area contributed by atoms with Crippen LogP contribution in [-0.4, -0.2) is 124 Å². The van der Waals surface area contributed by atoms with E-state index < -0.39 is 12.2 Å². The lowest BCUT2D eigenvalue weighted by molar-refractivity contribution is -0.191. The van der Waals surface area contributed by atoms with Crippen LogP contribution in [0.15, 0.2) is 0 Å². The maximum atomic E-state index is 10.9. The Morgan fingerprint density at radius 1 is 0.646 bits per heavy atom. The Kier molecular flexibility index (Phi) is 76.2. The van der Waals surface area contributed by atoms with Crippen LogP contribution in [0.3, 0.4) is 0 Å². The minimum Gasteiger partial charge on any atom is -0.412 e. The van der Waals surface area contributed by atoms with Crippen LogP contribution >= 0.6 is 47.0 Å². The van der Waals surface area contributed by atoms with Crippen molar-refractivity contribution in [2.24, 2.45) is 0 Å². The molecule has 6 amide bonds. The number of rotatable bonds is 12. The summed E-state index contributed by atoms with van der Waals surface area (Å²) < 4.78 is 0. The normalized spacial score (nSPS) is 15.0. The minimum absolute atomic E-state index is 0. The molecular weight excluding hydrogens is 713 g/mol. The summed E-state index contributed by atoms with van der Waals surface area (Å²) >= 11 is 6.59. The molecular formula is C26H60N8O10S4. The van der Waals surface area contributed by atoms with Crippen molar-refractivity contribution in [1.82, 2.24) is 33.6 Å². The van der Waals surface area contributed by atoms with Crippen LogP contribution in [0.4, 0.5) is 9.59 Å². The van der Waals surface area contributed by atoms with Gasteiger partial charge >= 0.3 is 18.2 Å². The molecule has 0 radical (unpaired) electrons. The summed E-state index contributed by atoms with van der Waals surface area (Å²) in [5.74, 6) is 3.08. The van der Waals surface area contributed by atoms with Crippen molar-refractivity contribution in [3.63, 3.8) is 0 Å². The fraction of sp³-hybridized carbons (Fsp3) is 0.731. The van der Waals surface area contributed by atoms with E-state index in [9.17, 15) is 19.2 Å². The first-order valence-electron chi connectivity index (χ1n) is 11.8. The van der Waals surface area contributed by atoms with Gasteiger partial charge in [0.2, 0.25) is 0 Å². The van der Waals surface area contributed by atoms with Gasteiger partial charge in [-0.3, -0.25) is 20.2 Å². The van der Waals surface area contributed by atoms with Gasteiger partial charge in [-0.1, -0.05) is 22.3 Å². The average Bonchev–Trinajstić information content (AvgIpc) is 3.46. The molecule has 0 aliphatic carbocycles. The Hall–Kier alpha value is -2.60. The van der Waals surface area contributed by atoms with E-state index in [1.165, 1.54) is 0 Å². The number of carbonyl (C=O) groups excluding carboxylic acids is 6. The number of thioether (sulfide) groups is 4. The number of nitriles is 2. The van der Waals surface area contributed by atoms with Gasteiger partial charge in [0.05, 0.1) is 12.1 Å². The average molecular weight is 773 g/mol. The monoisotopic (exact) mass is 772 g/mol. The molecule has 0 aromatic heterocycles. The zero-order chi connectivity index (χ0) is 32.1. The largest absolute Gasteiger partial charge is 0.412 e. The number of aliphatic hydroxyl groups is 2. The smallest absolute Gasteiger partial charge is 0.373 e. The lowest BCUT2D eigenvalue weighted by atomic mass is 10.2. The topological polar surface area (TPSA) is 372 Å². The molecule has 22 heteroatoms. The fourth-order valence-corrected chi connectivity index (χ4v) is 4.24. The molecule has 4 atom stereocenters. The predicted molar refractivity (Wildman–Crippen MR) is 199 cm³/mol. The number of imide groups is 2. The molecule has 2 rings (SSSR count). The van der Waals surface area contributed by atoms with Crippen LogP contribution in [0.1, 0.15) is 48.0 Å². The van der Waals surface area contributed by atoms with Crippen molar-refractivity contribution < 1.29 is 49.9 Å². The van der Waals surface area contributed by atoms with Gasteiger partial charge in [0, 0.05) is 0 Å². The van der Waals surface area contributed by atoms with Crippen molar-refractivity contribution in [2.45, 2.75) is 72.3 Å². The van der Waals surface area contributed by atoms with Gasteiger partial charge in [-0.25, -0.2) is 9.59 Å². The van der Waals surface area contributed by atoms with E-state index in [1.807, 2.05) is 25.0 Å². The maximum absolute atomic E-state index is 10.9. The van der Waals surface area contributed by atoms with Crippen LogP contribution in [-0.2, 0) is 19.2 Å². The summed E-state index contributed by atoms with van der Waals surface area (Å²) in [4.78, 5) is 59.2. The number of urea groups is 2. The Balaban J connectivity index is -0.0000000470. The van der Waals surface area contributed by atoms with E-state index in [4.69, 9.17) is 30.3 Å². The van der Waals surface area contributed by atoms with E-state index in [0.29, 0.717) is 25.7 Å². The van der Waals surface area contributed by atoms with Crippen molar-refractivity contribution in [2.75, 3.05) is 48.0 Å². The molecule has 0 bridgehead atoms. The number of hydrogen-bond donors (Lipinski definition) is 8. The number of amides is 6. The maximum Gasteiger partial charge on any atom is 0.373 e. The quantitative estimate of drug-likeness (QED) is 0.102. The number of aliphatic hydroxyl groups excluding tert-OH is 2. The van der Waals surface area contributed by atoms with Crippen molar-refractivity contribution in [3.05, 3.63) is 0 Å². The molecule has 4 unspecified atom stereocenters. The second-order valence-electron chi connectivity index (χ2n) is 7.53. The third kappa shape index (κ3) is 45.5. The Morgan fingerprint density at radius 2 is 0.896 bits per heavy atom. The summed E-state index contributed by atoms with van der Waals surface area (Å²) in [6.07, 6.45) is 9.13. The van der Waals surface area contributed by atoms with E-state index in [0.717, 1.165) is 23.0 Å². The molecule has 2 fully saturated rings. The third-order valence-electron chi connectivity index (χ3n) is 4.43. The van der Waals surface area contributed by atoms with Crippen LogP contribution < -0.4 is 33.6 Å². The van der Waals surface area contributed by atoms with Gasteiger partial charge in [0.15, 0.2) is 0 Å². The molecule has 48 heavy (non-hydrogen) atoms. The molecule has 0 aromatic carbocycles.